The molecule has 31 heavy (non-hydrogen) atoms. The van der Waals surface area contributed by atoms with E-state index < -0.39 is 29.2 Å². The Hall–Kier alpha value is -3.31. The largest absolute Gasteiger partial charge is 0.497 e. The summed E-state index contributed by atoms with van der Waals surface area (Å²) in [6, 6.07) is 2.41. The summed E-state index contributed by atoms with van der Waals surface area (Å²) in [5.74, 6) is 0.0384. The van der Waals surface area contributed by atoms with Crippen LogP contribution in [0.3, 0.4) is 0 Å². The minimum absolute atomic E-state index is 0.197. The van der Waals surface area contributed by atoms with E-state index in [2.05, 4.69) is 31.0 Å². The van der Waals surface area contributed by atoms with Crippen molar-refractivity contribution in [1.82, 2.24) is 24.9 Å². The van der Waals surface area contributed by atoms with E-state index in [0.717, 1.165) is 6.20 Å². The van der Waals surface area contributed by atoms with Crippen molar-refractivity contribution in [1.29, 1.82) is 0 Å². The molecule has 158 valence electrons. The lowest BCUT2D eigenvalue weighted by molar-refractivity contribution is 0.0949. The van der Waals surface area contributed by atoms with Crippen LogP contribution in [-0.2, 0) is 0 Å². The molecule has 0 aromatic carbocycles. The summed E-state index contributed by atoms with van der Waals surface area (Å²) >= 11 is 0. The number of ether oxygens (including phenoxy) is 1. The van der Waals surface area contributed by atoms with Crippen LogP contribution in [0.1, 0.15) is 16.8 Å². The molecule has 1 saturated carbocycles. The average molecular weight is 425 g/mol. The number of fused-ring (bicyclic) bond motifs is 1. The molecule has 3 aromatic rings. The van der Waals surface area contributed by atoms with E-state index in [1.807, 2.05) is 23.5 Å². The van der Waals surface area contributed by atoms with Gasteiger partial charge in [-0.05, 0) is 0 Å². The highest BCUT2D eigenvalue weighted by Crippen LogP contribution is 2.29. The predicted octanol–water partition coefficient (Wildman–Crippen LogP) is -1.22. The van der Waals surface area contributed by atoms with Crippen LogP contribution in [0.5, 0.6) is 5.88 Å². The molecule has 2 atom stereocenters. The van der Waals surface area contributed by atoms with Crippen molar-refractivity contribution in [2.75, 3.05) is 17.7 Å². The number of amides is 1. The van der Waals surface area contributed by atoms with Crippen molar-refractivity contribution in [3.8, 4) is 5.88 Å². The number of aromatic nitrogens is 4. The Labute approximate surface area is 179 Å². The molecule has 1 aliphatic rings. The molecule has 3 heterocycles. The van der Waals surface area contributed by atoms with Gasteiger partial charge in [-0.25, -0.2) is 18.7 Å². The van der Waals surface area contributed by atoms with Gasteiger partial charge in [0.15, 0.2) is 5.65 Å². The van der Waals surface area contributed by atoms with Crippen LogP contribution in [0.2, 0.25) is 0 Å². The second-order valence-electron chi connectivity index (χ2n) is 8.25. The number of pyridine rings is 1. The summed E-state index contributed by atoms with van der Waals surface area (Å²) in [6.45, 7) is 0. The van der Waals surface area contributed by atoms with Crippen molar-refractivity contribution in [3.63, 3.8) is 0 Å². The maximum Gasteiger partial charge on any atom is 0.257 e. The molecule has 9 nitrogen and oxygen atoms in total. The number of halogens is 2. The van der Waals surface area contributed by atoms with E-state index in [4.69, 9.17) is 4.74 Å². The number of carbonyl (C=O) groups excluding carboxylic acids is 1. The molecule has 0 radical (unpaired) electrons. The minimum Gasteiger partial charge on any atom is -0.497 e. The van der Waals surface area contributed by atoms with Crippen molar-refractivity contribution < 1.29 is 18.3 Å². The highest BCUT2D eigenvalue weighted by atomic mass is 19.1. The molecule has 1 aliphatic carbocycles. The summed E-state index contributed by atoms with van der Waals surface area (Å²) in [5, 5.41) is 12.3. The van der Waals surface area contributed by atoms with Gasteiger partial charge in [0.2, 0.25) is 5.88 Å². The maximum atomic E-state index is 13.9. The first-order valence-corrected chi connectivity index (χ1v) is 9.77. The lowest BCUT2D eigenvalue weighted by Crippen LogP contribution is -2.38. The van der Waals surface area contributed by atoms with Gasteiger partial charge in [-0.3, -0.25) is 4.79 Å². The number of hydrogen-bond acceptors (Lipinski definition) is 7. The van der Waals surface area contributed by atoms with Crippen molar-refractivity contribution in [2.45, 2.75) is 23.9 Å². The van der Waals surface area contributed by atoms with Crippen LogP contribution in [0, 0.1) is 5.82 Å². The van der Waals surface area contributed by atoms with E-state index in [1.54, 1.807) is 13.1 Å². The standard InChI is InChI=1S/C17H20B3F2N7O2/c1-23-13-4-12(26-11-2-7(21)5-24-16(11)31-17(18,19)20)28-14-8(6-25-29(13)14)15(30)27-10-3-9(10)22/h2,4-6,9-10,23H,3,18-20H2,1H3,(H,26,28)(H,27,30)/t9-,10+/m1/s1. The van der Waals surface area contributed by atoms with Crippen molar-refractivity contribution in [3.05, 3.63) is 35.9 Å². The topological polar surface area (TPSA) is 105 Å². The molecule has 1 fully saturated rings. The molecule has 3 N–H and O–H groups in total. The molecular formula is C17H20B3F2N7O2. The number of anilines is 3. The molecule has 0 unspecified atom stereocenters. The molecule has 0 spiro atoms. The molecular weight excluding hydrogens is 405 g/mol. The van der Waals surface area contributed by atoms with E-state index >= 15 is 0 Å². The number of alkyl halides is 1. The normalized spacial score (nSPS) is 17.9. The SMILES string of the molecule is BC(B)(B)Oc1ncc(F)cc1Nc1cc(NC)n2ncc(C(=O)N[C@H]3C[C@H]3F)c2n1. The maximum absolute atomic E-state index is 13.9. The van der Waals surface area contributed by atoms with Crippen LogP contribution in [0.25, 0.3) is 5.65 Å². The summed E-state index contributed by atoms with van der Waals surface area (Å²) in [4.78, 5) is 21.0. The first-order chi connectivity index (χ1) is 14.6. The van der Waals surface area contributed by atoms with Crippen LogP contribution in [0.15, 0.2) is 24.5 Å². The Bertz CT molecular complexity index is 1150. The number of carbonyl (C=O) groups is 1. The number of nitrogens with zero attached hydrogens (tertiary/aromatic N) is 4. The number of rotatable bonds is 7. The summed E-state index contributed by atoms with van der Waals surface area (Å²) in [6.07, 6.45) is 1.72. The lowest BCUT2D eigenvalue weighted by Gasteiger charge is -2.23. The first kappa shape index (κ1) is 20.9. The first-order valence-electron chi connectivity index (χ1n) is 9.77. The van der Waals surface area contributed by atoms with Crippen LogP contribution >= 0.6 is 0 Å². The molecule has 1 amide bonds. The van der Waals surface area contributed by atoms with Gasteiger partial charge in [-0.15, -0.1) is 0 Å². The van der Waals surface area contributed by atoms with Crippen molar-refractivity contribution in [2.24, 2.45) is 0 Å². The zero-order valence-electron chi connectivity index (χ0n) is 17.5. The summed E-state index contributed by atoms with van der Waals surface area (Å²) in [7, 11) is 7.24. The Kier molecular flexibility index (Phi) is 5.24. The zero-order valence-corrected chi connectivity index (χ0v) is 17.5. The van der Waals surface area contributed by atoms with Gasteiger partial charge in [-0.1, -0.05) is 0 Å². The van der Waals surface area contributed by atoms with E-state index in [9.17, 15) is 13.6 Å². The predicted molar refractivity (Wildman–Crippen MR) is 120 cm³/mol. The zero-order chi connectivity index (χ0) is 22.3. The highest BCUT2D eigenvalue weighted by molar-refractivity contribution is 6.58. The molecule has 0 aliphatic heterocycles. The van der Waals surface area contributed by atoms with Gasteiger partial charge in [0, 0.05) is 30.9 Å². The average Bonchev–Trinajstić information content (AvgIpc) is 3.20. The van der Waals surface area contributed by atoms with Gasteiger partial charge in [0.1, 0.15) is 58.4 Å². The third kappa shape index (κ3) is 4.57. The molecule has 3 aromatic heterocycles. The third-order valence-electron chi connectivity index (χ3n) is 4.49. The third-order valence-corrected chi connectivity index (χ3v) is 4.49. The number of hydrogen-bond donors (Lipinski definition) is 3. The molecule has 14 heteroatoms. The molecule has 0 saturated heterocycles. The summed E-state index contributed by atoms with van der Waals surface area (Å²) in [5.41, 5.74) is 0.728. The lowest BCUT2D eigenvalue weighted by atomic mass is 9.52. The van der Waals surface area contributed by atoms with Crippen molar-refractivity contribution >= 4 is 52.4 Å². The van der Waals surface area contributed by atoms with Gasteiger partial charge in [0.25, 0.3) is 5.91 Å². The second-order valence-corrected chi connectivity index (χ2v) is 8.25. The second kappa shape index (κ2) is 7.75. The van der Waals surface area contributed by atoms with E-state index in [1.165, 1.54) is 16.8 Å². The van der Waals surface area contributed by atoms with Gasteiger partial charge in [-0.2, -0.15) is 9.61 Å². The van der Waals surface area contributed by atoms with Crippen LogP contribution < -0.4 is 20.7 Å². The molecule has 0 bridgehead atoms. The molecule has 4 rings (SSSR count). The van der Waals surface area contributed by atoms with Gasteiger partial charge in [0.05, 0.1) is 18.4 Å². The minimum atomic E-state index is -1.02. The Balaban J connectivity index is 1.71. The smallest absolute Gasteiger partial charge is 0.257 e. The van der Waals surface area contributed by atoms with Crippen LogP contribution in [-0.4, -0.2) is 73.6 Å². The summed E-state index contributed by atoms with van der Waals surface area (Å²) < 4.78 is 34.3. The monoisotopic (exact) mass is 425 g/mol. The number of nitrogens with one attached hydrogen (secondary N) is 3. The fourth-order valence-corrected chi connectivity index (χ4v) is 2.95. The Morgan fingerprint density at radius 3 is 2.71 bits per heavy atom. The van der Waals surface area contributed by atoms with Gasteiger partial charge < -0.3 is 20.7 Å². The Morgan fingerprint density at radius 1 is 1.32 bits per heavy atom. The Morgan fingerprint density at radius 2 is 2.06 bits per heavy atom. The van der Waals surface area contributed by atoms with E-state index in [-0.39, 0.29) is 22.8 Å². The fraction of sp³-hybridized carbons (Fsp3) is 0.294. The highest BCUT2D eigenvalue weighted by Gasteiger charge is 2.39. The van der Waals surface area contributed by atoms with Crippen LogP contribution in [0.4, 0.5) is 26.1 Å². The van der Waals surface area contributed by atoms with Gasteiger partial charge >= 0.3 is 0 Å². The quantitative estimate of drug-likeness (QED) is 0.408. The van der Waals surface area contributed by atoms with E-state index in [0.29, 0.717) is 18.1 Å². The fourth-order valence-electron chi connectivity index (χ4n) is 2.95.